The van der Waals surface area contributed by atoms with Gasteiger partial charge >= 0.3 is 0 Å². The summed E-state index contributed by atoms with van der Waals surface area (Å²) in [5.41, 5.74) is 6.57. The second-order valence-electron chi connectivity index (χ2n) is 5.46. The summed E-state index contributed by atoms with van der Waals surface area (Å²) in [6.45, 7) is 0. The summed E-state index contributed by atoms with van der Waals surface area (Å²) in [7, 11) is 3.79. The number of hydrogen-bond donors (Lipinski definition) is 4. The Kier molecular flexibility index (Phi) is 1.95. The molecule has 0 spiro atoms. The molecule has 0 atom stereocenters. The Morgan fingerprint density at radius 1 is 0.591 bits per heavy atom. The summed E-state index contributed by atoms with van der Waals surface area (Å²) in [6, 6.07) is 7.70. The third-order valence-corrected chi connectivity index (χ3v) is 3.76. The molecule has 0 radical (unpaired) electrons. The molecule has 0 amide bonds. The number of aromatic nitrogens is 6. The Balaban J connectivity index is 1.92. The Hall–Kier alpha value is -3.16. The van der Waals surface area contributed by atoms with Crippen LogP contribution >= 0.6 is 0 Å². The molecule has 0 saturated carbocycles. The summed E-state index contributed by atoms with van der Waals surface area (Å²) in [5.74, 6) is 0. The van der Waals surface area contributed by atoms with Gasteiger partial charge in [0.15, 0.2) is 22.3 Å². The Morgan fingerprint density at radius 3 is 1.14 bits per heavy atom. The predicted molar refractivity (Wildman–Crippen MR) is 82.8 cm³/mol. The van der Waals surface area contributed by atoms with Gasteiger partial charge in [-0.1, -0.05) is 0 Å². The van der Waals surface area contributed by atoms with Gasteiger partial charge in [0.2, 0.25) is 0 Å². The van der Waals surface area contributed by atoms with Crippen LogP contribution in [0, 0.1) is 0 Å². The van der Waals surface area contributed by atoms with Gasteiger partial charge in [-0.05, 0) is 0 Å². The molecule has 3 aromatic heterocycles. The number of aromatic amines is 4. The molecule has 5 rings (SSSR count). The van der Waals surface area contributed by atoms with Crippen LogP contribution < -0.4 is 0 Å². The zero-order valence-corrected chi connectivity index (χ0v) is 12.0. The average molecular weight is 298 g/mol. The summed E-state index contributed by atoms with van der Waals surface area (Å²) in [5, 5.41) is 12.7. The summed E-state index contributed by atoms with van der Waals surface area (Å²) in [4.78, 5) is 3.56. The second kappa shape index (κ2) is 3.73. The number of rotatable bonds is 0. The van der Waals surface area contributed by atoms with E-state index in [4.69, 9.17) is 8.83 Å². The normalized spacial score (nSPS) is 12.1. The number of hydrogen-bond acceptors (Lipinski definition) is 2. The van der Waals surface area contributed by atoms with E-state index in [2.05, 4.69) is 20.4 Å². The fraction of sp³-hybridized carbons (Fsp3) is 0.143. The SMILES string of the molecule is Cn1[nH]c2cc3oc4cc5[nH]n(C)[nH]c5cc4oc3cc2[nH]1. The fourth-order valence-electron chi connectivity index (χ4n) is 2.82. The van der Waals surface area contributed by atoms with Crippen molar-refractivity contribution in [1.82, 2.24) is 30.0 Å². The molecule has 4 N–H and O–H groups in total. The molecule has 5 aromatic rings. The molecule has 2 aromatic carbocycles. The quantitative estimate of drug-likeness (QED) is 0.330. The van der Waals surface area contributed by atoms with Crippen LogP contribution in [0.3, 0.4) is 0 Å². The van der Waals surface area contributed by atoms with Gasteiger partial charge in [-0.15, -0.1) is 0 Å². The molecule has 0 aliphatic heterocycles. The maximum Gasteiger partial charge on any atom is 0.172 e. The van der Waals surface area contributed by atoms with E-state index in [9.17, 15) is 0 Å². The largest absolute Gasteiger partial charge is 0.449 e. The van der Waals surface area contributed by atoms with E-state index in [1.807, 2.05) is 38.4 Å². The van der Waals surface area contributed by atoms with E-state index >= 15 is 0 Å². The standard InChI is InChI=1S/C14H14N6O2/c1-19-15-7-3-11-12(4-8(7)16-19)22-14-6-10-9(5-13(14)21-11)17-20(2)18-10/h3-6,15-18H,1-2H3. The summed E-state index contributed by atoms with van der Waals surface area (Å²) in [6.07, 6.45) is 0. The number of nitrogens with zero attached hydrogens (tertiary/aromatic N) is 2. The number of nitrogens with one attached hydrogen (secondary N) is 4. The molecule has 8 nitrogen and oxygen atoms in total. The van der Waals surface area contributed by atoms with E-state index in [1.54, 1.807) is 9.59 Å². The van der Waals surface area contributed by atoms with Gasteiger partial charge in [-0.25, -0.2) is 9.59 Å². The maximum absolute atomic E-state index is 6.00. The highest BCUT2D eigenvalue weighted by Gasteiger charge is 2.09. The smallest absolute Gasteiger partial charge is 0.172 e. The van der Waals surface area contributed by atoms with Crippen molar-refractivity contribution >= 4 is 44.4 Å². The van der Waals surface area contributed by atoms with E-state index in [0.717, 1.165) is 22.1 Å². The van der Waals surface area contributed by atoms with Crippen LogP contribution in [0.2, 0.25) is 0 Å². The monoisotopic (exact) mass is 298 g/mol. The Labute approximate surface area is 122 Å². The van der Waals surface area contributed by atoms with Gasteiger partial charge in [-0.3, -0.25) is 20.4 Å². The van der Waals surface area contributed by atoms with Crippen LogP contribution in [0.15, 0.2) is 33.1 Å². The Bertz CT molecular complexity index is 1020. The molecule has 0 aliphatic rings. The molecule has 112 valence electrons. The van der Waals surface area contributed by atoms with Gasteiger partial charge in [0.05, 0.1) is 22.1 Å². The van der Waals surface area contributed by atoms with E-state index < -0.39 is 0 Å². The topological polar surface area (TPSA) is 99.3 Å². The summed E-state index contributed by atoms with van der Waals surface area (Å²) >= 11 is 0. The number of benzene rings is 2. The lowest BCUT2D eigenvalue weighted by Gasteiger charge is -2.01. The van der Waals surface area contributed by atoms with Crippen LogP contribution in [0.5, 0.6) is 0 Å². The number of fused-ring (bicyclic) bond motifs is 4. The van der Waals surface area contributed by atoms with Crippen molar-refractivity contribution in [3.63, 3.8) is 0 Å². The highest BCUT2D eigenvalue weighted by atomic mass is 16.4. The van der Waals surface area contributed by atoms with Crippen molar-refractivity contribution in [3.8, 4) is 0 Å². The van der Waals surface area contributed by atoms with E-state index in [1.165, 1.54) is 0 Å². The van der Waals surface area contributed by atoms with E-state index in [-0.39, 0.29) is 0 Å². The van der Waals surface area contributed by atoms with Crippen molar-refractivity contribution in [2.24, 2.45) is 14.1 Å². The van der Waals surface area contributed by atoms with Gasteiger partial charge in [-0.2, -0.15) is 0 Å². The lowest BCUT2D eigenvalue weighted by atomic mass is 10.2. The van der Waals surface area contributed by atoms with Crippen molar-refractivity contribution in [2.45, 2.75) is 0 Å². The van der Waals surface area contributed by atoms with Crippen LogP contribution in [-0.4, -0.2) is 30.0 Å². The highest BCUT2D eigenvalue weighted by Crippen LogP contribution is 2.28. The highest BCUT2D eigenvalue weighted by molar-refractivity contribution is 5.93. The zero-order valence-electron chi connectivity index (χ0n) is 12.0. The number of aryl methyl sites for hydroxylation is 2. The molecular weight excluding hydrogens is 284 g/mol. The van der Waals surface area contributed by atoms with Gasteiger partial charge < -0.3 is 8.83 Å². The first kappa shape index (κ1) is 11.5. The third kappa shape index (κ3) is 1.51. The average Bonchev–Trinajstić information content (AvgIpc) is 2.99. The molecule has 8 heteroatoms. The van der Waals surface area contributed by atoms with Gasteiger partial charge in [0.25, 0.3) is 0 Å². The minimum atomic E-state index is 0.690. The fourth-order valence-corrected chi connectivity index (χ4v) is 2.82. The molecule has 0 unspecified atom stereocenters. The first-order valence-corrected chi connectivity index (χ1v) is 6.91. The lowest BCUT2D eigenvalue weighted by Crippen LogP contribution is -1.90. The number of H-pyrrole nitrogens is 4. The van der Waals surface area contributed by atoms with Crippen molar-refractivity contribution in [3.05, 3.63) is 24.3 Å². The van der Waals surface area contributed by atoms with Crippen LogP contribution in [0.1, 0.15) is 0 Å². The Morgan fingerprint density at radius 2 is 0.864 bits per heavy atom. The van der Waals surface area contributed by atoms with Crippen molar-refractivity contribution in [1.29, 1.82) is 0 Å². The van der Waals surface area contributed by atoms with Crippen molar-refractivity contribution < 1.29 is 8.83 Å². The van der Waals surface area contributed by atoms with Crippen LogP contribution in [-0.2, 0) is 14.1 Å². The summed E-state index contributed by atoms with van der Waals surface area (Å²) < 4.78 is 12.0. The van der Waals surface area contributed by atoms with Crippen LogP contribution in [0.4, 0.5) is 0 Å². The zero-order chi connectivity index (χ0) is 14.8. The van der Waals surface area contributed by atoms with Crippen molar-refractivity contribution in [2.75, 3.05) is 0 Å². The molecule has 0 saturated heterocycles. The molecule has 22 heavy (non-hydrogen) atoms. The predicted octanol–water partition coefficient (Wildman–Crippen LogP) is 3.16. The maximum atomic E-state index is 6.00. The molecule has 0 aliphatic carbocycles. The molecule has 0 fully saturated rings. The second-order valence-corrected chi connectivity index (χ2v) is 5.46. The minimum Gasteiger partial charge on any atom is -0.449 e. The van der Waals surface area contributed by atoms with Gasteiger partial charge in [0.1, 0.15) is 0 Å². The first-order chi connectivity index (χ1) is 10.7. The van der Waals surface area contributed by atoms with E-state index in [0.29, 0.717) is 22.3 Å². The molecule has 0 bridgehead atoms. The molecular formula is C14H14N6O2. The van der Waals surface area contributed by atoms with Gasteiger partial charge in [0, 0.05) is 38.4 Å². The lowest BCUT2D eigenvalue weighted by molar-refractivity contribution is 0.583. The first-order valence-electron chi connectivity index (χ1n) is 6.91. The third-order valence-electron chi connectivity index (χ3n) is 3.76. The molecule has 3 heterocycles. The van der Waals surface area contributed by atoms with Crippen LogP contribution in [0.25, 0.3) is 44.4 Å². The minimum absolute atomic E-state index is 0.690.